The van der Waals surface area contributed by atoms with Crippen LogP contribution in [-0.2, 0) is 54.1 Å². The van der Waals surface area contributed by atoms with Crippen LogP contribution in [0.4, 0.5) is 31.4 Å². The Morgan fingerprint density at radius 3 is 2.43 bits per heavy atom. The Labute approximate surface area is 499 Å². The summed E-state index contributed by atoms with van der Waals surface area (Å²) in [4.78, 5) is 107. The van der Waals surface area contributed by atoms with Gasteiger partial charge in [0.25, 0.3) is 0 Å². The zero-order chi connectivity index (χ0) is 60.6. The second-order valence-electron chi connectivity index (χ2n) is 21.0. The van der Waals surface area contributed by atoms with E-state index in [1.54, 1.807) is 52.0 Å². The van der Waals surface area contributed by atoms with Crippen molar-refractivity contribution in [3.8, 4) is 5.75 Å². The Balaban J connectivity index is 1.32. The van der Waals surface area contributed by atoms with Crippen LogP contribution < -0.4 is 47.3 Å². The van der Waals surface area contributed by atoms with E-state index in [9.17, 15) is 43.5 Å². The number of alkyl carbamates (subject to hydrolysis) is 1. The number of hydrogen-bond donors (Lipinski definition) is 8. The molecule has 9 N–H and O–H groups in total. The number of hydrogen-bond acceptors (Lipinski definition) is 15. The molecule has 0 radical (unpaired) electrons. The third-order valence-electron chi connectivity index (χ3n) is 14.3. The van der Waals surface area contributed by atoms with E-state index in [-0.39, 0.29) is 67.1 Å². The number of amides is 8. The number of carbonyl (C=O) groups is 8. The number of benzene rings is 2. The minimum atomic E-state index is -1.90. The van der Waals surface area contributed by atoms with Crippen molar-refractivity contribution >= 4 is 108 Å². The number of allylic oxidation sites excluding steroid dienone is 3. The lowest BCUT2D eigenvalue weighted by Gasteiger charge is -2.42. The van der Waals surface area contributed by atoms with Gasteiger partial charge in [0.1, 0.15) is 46.8 Å². The van der Waals surface area contributed by atoms with Gasteiger partial charge in [0.2, 0.25) is 23.6 Å². The van der Waals surface area contributed by atoms with Crippen LogP contribution in [0.5, 0.6) is 5.75 Å². The third-order valence-corrected chi connectivity index (χ3v) is 16.0. The van der Waals surface area contributed by atoms with Crippen LogP contribution in [0.25, 0.3) is 0 Å². The number of rotatable bonds is 22. The summed E-state index contributed by atoms with van der Waals surface area (Å²) in [6, 6.07) is 5.02. The molecule has 0 aliphatic carbocycles. The molecule has 3 aliphatic heterocycles. The molecule has 8 amide bonds. The molecule has 0 unspecified atom stereocenters. The topological polar surface area (TPSA) is 317 Å². The quantitative estimate of drug-likeness (QED) is 0.0144. The molecule has 5 rings (SSSR count). The number of unbranched alkanes of at least 4 members (excludes halogenated alkanes) is 2. The summed E-state index contributed by atoms with van der Waals surface area (Å²) >= 11 is 13.5. The SMILES string of the molecule is C=C(CBr)C(=O)OCCCCCC(=O)N[C@H](C(=O)N[C@@H](CCCNC(N)=O)C(=O)Nc1ccc(NC(=O)O[C@H]2CC(=O)N(C)c3cc(cc(OC)c3Cl)C/C(C)=C/C=C/[C@@H](OC)[C@@]3(O)C[C@H](OC(=O)N3)[C@@H](C)[C@@H]3O[C@@]23C)cc1Br)C(C)C. The maximum Gasteiger partial charge on any atom is 0.412 e. The highest BCUT2D eigenvalue weighted by molar-refractivity contribution is 9.10. The zero-order valence-corrected chi connectivity index (χ0v) is 51.2. The van der Waals surface area contributed by atoms with Crippen molar-refractivity contribution in [2.45, 2.75) is 140 Å². The molecule has 26 heteroatoms. The van der Waals surface area contributed by atoms with Gasteiger partial charge >= 0.3 is 24.2 Å². The van der Waals surface area contributed by atoms with E-state index in [0.29, 0.717) is 52.5 Å². The van der Waals surface area contributed by atoms with Crippen molar-refractivity contribution in [1.82, 2.24) is 21.3 Å². The molecule has 3 aliphatic rings. The van der Waals surface area contributed by atoms with E-state index >= 15 is 0 Å². The Morgan fingerprint density at radius 2 is 1.77 bits per heavy atom. The van der Waals surface area contributed by atoms with E-state index in [4.69, 9.17) is 45.8 Å². The van der Waals surface area contributed by atoms with Gasteiger partial charge in [-0.25, -0.2) is 19.2 Å². The van der Waals surface area contributed by atoms with Crippen LogP contribution in [0.1, 0.15) is 91.5 Å². The number of nitrogens with one attached hydrogen (secondary N) is 6. The molecule has 2 aromatic carbocycles. The summed E-state index contributed by atoms with van der Waals surface area (Å²) in [5.74, 6) is -3.34. The normalized spacial score (nSPS) is 24.3. The van der Waals surface area contributed by atoms with Crippen LogP contribution in [0.2, 0.25) is 5.02 Å². The summed E-state index contributed by atoms with van der Waals surface area (Å²) in [5, 5.41) is 28.3. The Hall–Kier alpha value is -6.25. The molecule has 0 aromatic heterocycles. The number of esters is 1. The zero-order valence-electron chi connectivity index (χ0n) is 47.3. The standard InChI is InChI=1S/C56H75Br2ClN8O15/c1-30(2)47(65-44(68)18-11-10-12-22-79-51(72)32(4)29-57)50(71)64-38(16-14-21-61-52(60)73)49(70)63-37-20-19-35(26-36(37)58)62-53(74)81-43-27-45(69)67(7)39-24-34(25-40(77-8)46(39)59)23-31(3)15-13-17-42(78-9)56(76)28-41(80-54(75)66-56)33(5)48-55(43,6)82-48/h13,15,17,19-20,24-26,30,33,38,41-43,47-48,76H,4,10-12,14,16,18,21-23,27-29H2,1-3,5-9H3,(H,62,74)(H,63,70)(H,64,71)(H,65,68)(H,66,75)(H3,60,61,73)/b17-13+,31-15+/t33-,38+,41+,42-,43+,47+,48+,55+,56+/m1/s1. The number of urea groups is 1. The maximum atomic E-state index is 14.4. The fourth-order valence-electron chi connectivity index (χ4n) is 9.51. The average molecular weight is 1300 g/mol. The van der Waals surface area contributed by atoms with Gasteiger partial charge in [-0.15, -0.1) is 0 Å². The van der Waals surface area contributed by atoms with Crippen LogP contribution in [0.15, 0.2) is 70.8 Å². The third kappa shape index (κ3) is 18.4. The lowest BCUT2D eigenvalue weighted by Crippen LogP contribution is -2.63. The molecule has 450 valence electrons. The minimum Gasteiger partial charge on any atom is -0.495 e. The Morgan fingerprint density at radius 1 is 1.04 bits per heavy atom. The summed E-state index contributed by atoms with van der Waals surface area (Å²) in [6.07, 6.45) is 1.16. The predicted molar refractivity (Wildman–Crippen MR) is 313 cm³/mol. The monoisotopic (exact) mass is 1290 g/mol. The first kappa shape index (κ1) is 66.5. The number of primary amides is 1. The fraction of sp³-hybridized carbons (Fsp3) is 0.536. The average Bonchev–Trinajstić information content (AvgIpc) is 3.79. The number of methoxy groups -OCH3 is 2. The first-order valence-electron chi connectivity index (χ1n) is 26.7. The predicted octanol–water partition coefficient (Wildman–Crippen LogP) is 7.20. The summed E-state index contributed by atoms with van der Waals surface area (Å²) < 4.78 is 34.8. The van der Waals surface area contributed by atoms with Crippen molar-refractivity contribution in [3.63, 3.8) is 0 Å². The second-order valence-corrected chi connectivity index (χ2v) is 22.8. The smallest absolute Gasteiger partial charge is 0.412 e. The lowest BCUT2D eigenvalue weighted by atomic mass is 9.83. The number of nitrogens with zero attached hydrogens (tertiary/aromatic N) is 1. The highest BCUT2D eigenvalue weighted by Crippen LogP contribution is 2.49. The van der Waals surface area contributed by atoms with E-state index in [1.807, 2.05) is 13.0 Å². The molecular formula is C56H75Br2ClN8O15. The van der Waals surface area contributed by atoms with Crippen LogP contribution >= 0.6 is 43.5 Å². The highest BCUT2D eigenvalue weighted by Gasteiger charge is 2.64. The molecule has 2 aromatic rings. The Bertz CT molecular complexity index is 2770. The number of ether oxygens (including phenoxy) is 6. The van der Waals surface area contributed by atoms with Crippen molar-refractivity contribution < 1.29 is 71.9 Å². The largest absolute Gasteiger partial charge is 0.495 e. The second kappa shape index (κ2) is 30.3. The van der Waals surface area contributed by atoms with Crippen molar-refractivity contribution in [2.75, 3.05) is 55.3 Å². The van der Waals surface area contributed by atoms with E-state index in [1.165, 1.54) is 44.4 Å². The van der Waals surface area contributed by atoms with E-state index in [2.05, 4.69) is 70.3 Å². The molecule has 0 spiro atoms. The van der Waals surface area contributed by atoms with Gasteiger partial charge in [0.05, 0.1) is 37.6 Å². The first-order valence-corrected chi connectivity index (χ1v) is 29.0. The summed E-state index contributed by atoms with van der Waals surface area (Å²) in [5.41, 5.74) is 4.71. The van der Waals surface area contributed by atoms with Gasteiger partial charge in [0.15, 0.2) is 5.72 Å². The van der Waals surface area contributed by atoms with Gasteiger partial charge in [-0.05, 0) is 110 Å². The number of alkyl halides is 1. The van der Waals surface area contributed by atoms with Crippen LogP contribution in [-0.4, -0.2) is 140 Å². The molecule has 3 heterocycles. The summed E-state index contributed by atoms with van der Waals surface area (Å²) in [7, 11) is 4.40. The van der Waals surface area contributed by atoms with Gasteiger partial charge in [0, 0.05) is 60.5 Å². The van der Waals surface area contributed by atoms with Gasteiger partial charge in [-0.2, -0.15) is 0 Å². The van der Waals surface area contributed by atoms with Gasteiger partial charge in [-0.1, -0.05) is 78.7 Å². The number of fused-ring (bicyclic) bond motifs is 5. The molecular weight excluding hydrogens is 1220 g/mol. The van der Waals surface area contributed by atoms with E-state index in [0.717, 1.165) is 11.1 Å². The van der Waals surface area contributed by atoms with Crippen LogP contribution in [0.3, 0.4) is 0 Å². The molecule has 2 fully saturated rings. The number of halogens is 3. The summed E-state index contributed by atoms with van der Waals surface area (Å²) in [6.45, 7) is 12.7. The molecule has 23 nitrogen and oxygen atoms in total. The number of epoxide rings is 1. The number of nitrogens with two attached hydrogens (primary N) is 1. The highest BCUT2D eigenvalue weighted by atomic mass is 79.9. The molecule has 82 heavy (non-hydrogen) atoms. The minimum absolute atomic E-state index is 0.0526. The Kier molecular flexibility index (Phi) is 24.6. The van der Waals surface area contributed by atoms with Crippen molar-refractivity contribution in [3.05, 3.63) is 81.3 Å². The van der Waals surface area contributed by atoms with Gasteiger partial charge in [-0.3, -0.25) is 29.8 Å². The molecule has 0 saturated carbocycles. The van der Waals surface area contributed by atoms with Crippen molar-refractivity contribution in [1.29, 1.82) is 0 Å². The van der Waals surface area contributed by atoms with Crippen molar-refractivity contribution in [2.24, 2.45) is 17.6 Å². The number of aliphatic hydroxyl groups is 1. The molecule has 2 saturated heterocycles. The number of anilines is 3. The van der Waals surface area contributed by atoms with Gasteiger partial charge < -0.3 is 65.4 Å². The lowest BCUT2D eigenvalue weighted by molar-refractivity contribution is -0.142. The molecule has 4 bridgehead atoms. The first-order chi connectivity index (χ1) is 38.7. The number of carbonyl (C=O) groups excluding carboxylic acids is 8. The maximum absolute atomic E-state index is 14.4. The van der Waals surface area contributed by atoms with Crippen LogP contribution in [0, 0.1) is 11.8 Å². The fourth-order valence-corrected chi connectivity index (χ4v) is 10.5. The van der Waals surface area contributed by atoms with E-state index < -0.39 is 102 Å². The molecule has 9 atom stereocenters.